The highest BCUT2D eigenvalue weighted by Crippen LogP contribution is 2.27. The number of hydrogen-bond donors (Lipinski definition) is 1. The van der Waals surface area contributed by atoms with Crippen LogP contribution in [0.4, 0.5) is 0 Å². The van der Waals surface area contributed by atoms with Gasteiger partial charge in [-0.3, -0.25) is 4.79 Å². The van der Waals surface area contributed by atoms with Crippen LogP contribution in [0, 0.1) is 11.8 Å². The average molecular weight is 171 g/mol. The van der Waals surface area contributed by atoms with Crippen LogP contribution in [0.3, 0.4) is 0 Å². The molecule has 70 valence electrons. The zero-order valence-corrected chi connectivity index (χ0v) is 7.95. The predicted molar refractivity (Wildman–Crippen MR) is 47.0 cm³/mol. The zero-order valence-electron chi connectivity index (χ0n) is 7.95. The highest BCUT2D eigenvalue weighted by Gasteiger charge is 2.34. The van der Waals surface area contributed by atoms with Gasteiger partial charge in [-0.1, -0.05) is 6.92 Å². The summed E-state index contributed by atoms with van der Waals surface area (Å²) in [6.07, 6.45) is 0.789. The van der Waals surface area contributed by atoms with Crippen LogP contribution in [0.25, 0.3) is 0 Å². The van der Waals surface area contributed by atoms with E-state index < -0.39 is 5.97 Å². The van der Waals surface area contributed by atoms with Gasteiger partial charge in [0.1, 0.15) is 0 Å². The second-order valence-corrected chi connectivity index (χ2v) is 3.81. The Bertz CT molecular complexity index is 181. The van der Waals surface area contributed by atoms with Gasteiger partial charge < -0.3 is 10.0 Å². The number of aliphatic carboxylic acids is 1. The second-order valence-electron chi connectivity index (χ2n) is 3.81. The Morgan fingerprint density at radius 3 is 2.58 bits per heavy atom. The minimum absolute atomic E-state index is 0.142. The van der Waals surface area contributed by atoms with Crippen molar-refractivity contribution in [2.24, 2.45) is 11.8 Å². The first kappa shape index (κ1) is 9.52. The fraction of sp³-hybridized carbons (Fsp3) is 0.889. The molecule has 3 unspecified atom stereocenters. The van der Waals surface area contributed by atoms with Gasteiger partial charge in [0.25, 0.3) is 0 Å². The Morgan fingerprint density at radius 1 is 1.50 bits per heavy atom. The summed E-state index contributed by atoms with van der Waals surface area (Å²) in [5.41, 5.74) is 0. The highest BCUT2D eigenvalue weighted by atomic mass is 16.4. The standard InChI is InChI=1S/C9H17NO2/c1-6-7(2)10(3)5-4-8(6)9(11)12/h6-8H,4-5H2,1-3H3,(H,11,12). The monoisotopic (exact) mass is 171 g/mol. The number of carbonyl (C=O) groups is 1. The van der Waals surface area contributed by atoms with Crippen molar-refractivity contribution < 1.29 is 9.90 Å². The van der Waals surface area contributed by atoms with Crippen molar-refractivity contribution in [3.05, 3.63) is 0 Å². The van der Waals surface area contributed by atoms with Crippen LogP contribution in [0.2, 0.25) is 0 Å². The van der Waals surface area contributed by atoms with E-state index in [1.165, 1.54) is 0 Å². The topological polar surface area (TPSA) is 40.5 Å². The maximum Gasteiger partial charge on any atom is 0.306 e. The molecular formula is C9H17NO2. The number of carboxylic acid groups (broad SMARTS) is 1. The number of carboxylic acids is 1. The fourth-order valence-corrected chi connectivity index (χ4v) is 1.90. The minimum atomic E-state index is -0.637. The molecule has 0 bridgehead atoms. The van der Waals surface area contributed by atoms with Crippen molar-refractivity contribution in [2.45, 2.75) is 26.3 Å². The summed E-state index contributed by atoms with van der Waals surface area (Å²) in [5, 5.41) is 8.89. The summed E-state index contributed by atoms with van der Waals surface area (Å²) < 4.78 is 0. The molecule has 0 aromatic carbocycles. The van der Waals surface area contributed by atoms with Crippen LogP contribution < -0.4 is 0 Å². The second kappa shape index (κ2) is 3.44. The van der Waals surface area contributed by atoms with Crippen molar-refractivity contribution in [3.8, 4) is 0 Å². The van der Waals surface area contributed by atoms with Crippen molar-refractivity contribution in [2.75, 3.05) is 13.6 Å². The molecule has 3 nitrogen and oxygen atoms in total. The number of piperidine rings is 1. The maximum absolute atomic E-state index is 10.8. The Hall–Kier alpha value is -0.570. The Labute approximate surface area is 73.4 Å². The SMILES string of the molecule is CC1C(C(=O)O)CCN(C)C1C. The quantitative estimate of drug-likeness (QED) is 0.641. The molecule has 1 heterocycles. The van der Waals surface area contributed by atoms with Crippen LogP contribution in [-0.4, -0.2) is 35.6 Å². The van der Waals surface area contributed by atoms with Gasteiger partial charge in [0.15, 0.2) is 0 Å². The summed E-state index contributed by atoms with van der Waals surface area (Å²) in [4.78, 5) is 13.0. The molecule has 0 aromatic rings. The number of nitrogens with zero attached hydrogens (tertiary/aromatic N) is 1. The fourth-order valence-electron chi connectivity index (χ4n) is 1.90. The van der Waals surface area contributed by atoms with Gasteiger partial charge in [-0.15, -0.1) is 0 Å². The normalized spacial score (nSPS) is 38.1. The van der Waals surface area contributed by atoms with Gasteiger partial charge in [0, 0.05) is 6.04 Å². The Balaban J connectivity index is 2.65. The molecule has 0 amide bonds. The Morgan fingerprint density at radius 2 is 2.08 bits per heavy atom. The van der Waals surface area contributed by atoms with E-state index in [2.05, 4.69) is 18.9 Å². The van der Waals surface area contributed by atoms with E-state index >= 15 is 0 Å². The van der Waals surface area contributed by atoms with Crippen LogP contribution >= 0.6 is 0 Å². The zero-order chi connectivity index (χ0) is 9.30. The molecule has 1 aliphatic heterocycles. The molecule has 1 aliphatic rings. The summed E-state index contributed by atoms with van der Waals surface area (Å²) in [5.74, 6) is -0.514. The molecule has 3 heteroatoms. The maximum atomic E-state index is 10.8. The molecule has 1 N–H and O–H groups in total. The molecule has 0 aliphatic carbocycles. The molecule has 1 rings (SSSR count). The average Bonchev–Trinajstić information content (AvgIpc) is 2.00. The van der Waals surface area contributed by atoms with Crippen LogP contribution in [0.5, 0.6) is 0 Å². The Kier molecular flexibility index (Phi) is 2.73. The number of likely N-dealkylation sites (tertiary alicyclic amines) is 1. The van der Waals surface area contributed by atoms with E-state index in [1.54, 1.807) is 0 Å². The van der Waals surface area contributed by atoms with E-state index in [4.69, 9.17) is 5.11 Å². The van der Waals surface area contributed by atoms with E-state index in [-0.39, 0.29) is 11.8 Å². The van der Waals surface area contributed by atoms with Crippen LogP contribution in [-0.2, 0) is 4.79 Å². The van der Waals surface area contributed by atoms with Crippen molar-refractivity contribution >= 4 is 5.97 Å². The van der Waals surface area contributed by atoms with Crippen LogP contribution in [0.1, 0.15) is 20.3 Å². The molecule has 0 aromatic heterocycles. The third kappa shape index (κ3) is 1.61. The van der Waals surface area contributed by atoms with E-state index in [1.807, 2.05) is 6.92 Å². The summed E-state index contributed by atoms with van der Waals surface area (Å²) in [6.45, 7) is 5.03. The summed E-state index contributed by atoms with van der Waals surface area (Å²) in [6, 6.07) is 0.389. The van der Waals surface area contributed by atoms with Gasteiger partial charge >= 0.3 is 5.97 Å². The van der Waals surface area contributed by atoms with E-state index in [9.17, 15) is 4.79 Å². The highest BCUT2D eigenvalue weighted by molar-refractivity contribution is 5.70. The predicted octanol–water partition coefficient (Wildman–Crippen LogP) is 1.05. The first-order valence-electron chi connectivity index (χ1n) is 4.47. The van der Waals surface area contributed by atoms with Gasteiger partial charge in [0.05, 0.1) is 5.92 Å². The number of rotatable bonds is 1. The van der Waals surface area contributed by atoms with E-state index in [0.29, 0.717) is 6.04 Å². The first-order valence-corrected chi connectivity index (χ1v) is 4.47. The van der Waals surface area contributed by atoms with E-state index in [0.717, 1.165) is 13.0 Å². The van der Waals surface area contributed by atoms with Crippen molar-refractivity contribution in [3.63, 3.8) is 0 Å². The smallest absolute Gasteiger partial charge is 0.306 e. The number of hydrogen-bond acceptors (Lipinski definition) is 2. The third-order valence-electron chi connectivity index (χ3n) is 3.20. The lowest BCUT2D eigenvalue weighted by Gasteiger charge is -2.38. The van der Waals surface area contributed by atoms with Crippen molar-refractivity contribution in [1.29, 1.82) is 0 Å². The first-order chi connectivity index (χ1) is 5.54. The third-order valence-corrected chi connectivity index (χ3v) is 3.20. The molecule has 1 fully saturated rings. The summed E-state index contributed by atoms with van der Waals surface area (Å²) in [7, 11) is 2.05. The molecule has 0 radical (unpaired) electrons. The van der Waals surface area contributed by atoms with Gasteiger partial charge in [-0.05, 0) is 32.9 Å². The lowest BCUT2D eigenvalue weighted by molar-refractivity contribution is -0.146. The lowest BCUT2D eigenvalue weighted by atomic mass is 9.82. The summed E-state index contributed by atoms with van der Waals surface area (Å²) >= 11 is 0. The molecular weight excluding hydrogens is 154 g/mol. The molecule has 0 saturated carbocycles. The van der Waals surface area contributed by atoms with Crippen molar-refractivity contribution in [1.82, 2.24) is 4.90 Å². The molecule has 0 spiro atoms. The molecule has 3 atom stereocenters. The van der Waals surface area contributed by atoms with Gasteiger partial charge in [-0.25, -0.2) is 0 Å². The largest absolute Gasteiger partial charge is 0.481 e. The lowest BCUT2D eigenvalue weighted by Crippen LogP contribution is -2.46. The molecule has 1 saturated heterocycles. The van der Waals surface area contributed by atoms with Crippen LogP contribution in [0.15, 0.2) is 0 Å². The molecule has 12 heavy (non-hydrogen) atoms. The minimum Gasteiger partial charge on any atom is -0.481 e. The van der Waals surface area contributed by atoms with Gasteiger partial charge in [0.2, 0.25) is 0 Å². The van der Waals surface area contributed by atoms with Gasteiger partial charge in [-0.2, -0.15) is 0 Å².